The minimum absolute atomic E-state index is 0.0375. The molecule has 0 spiro atoms. The molecule has 39 heavy (non-hydrogen) atoms. The molecular formula is C30H38F3N3O3. The third kappa shape index (κ3) is 8.03. The van der Waals surface area contributed by atoms with Gasteiger partial charge in [-0.2, -0.15) is 13.2 Å². The highest BCUT2D eigenvalue weighted by molar-refractivity contribution is 5.94. The summed E-state index contributed by atoms with van der Waals surface area (Å²) < 4.78 is 41.7. The molecule has 1 N–H and O–H groups in total. The Kier molecular flexibility index (Phi) is 9.64. The molecule has 2 aliphatic carbocycles. The van der Waals surface area contributed by atoms with Gasteiger partial charge >= 0.3 is 12.1 Å². The molecule has 3 aliphatic rings. The molecule has 4 rings (SSSR count). The van der Waals surface area contributed by atoms with Crippen LogP contribution in [-0.4, -0.2) is 54.1 Å². The van der Waals surface area contributed by atoms with Crippen LogP contribution in [0.3, 0.4) is 0 Å². The van der Waals surface area contributed by atoms with Crippen molar-refractivity contribution < 1.29 is 27.9 Å². The lowest BCUT2D eigenvalue weighted by atomic mass is 9.81. The van der Waals surface area contributed by atoms with Crippen LogP contribution in [0.15, 0.2) is 51.6 Å². The second kappa shape index (κ2) is 12.9. The van der Waals surface area contributed by atoms with E-state index in [1.807, 2.05) is 11.9 Å². The van der Waals surface area contributed by atoms with E-state index in [2.05, 4.69) is 17.3 Å². The zero-order valence-corrected chi connectivity index (χ0v) is 22.7. The second-order valence-corrected chi connectivity index (χ2v) is 11.1. The van der Waals surface area contributed by atoms with Gasteiger partial charge in [-0.15, -0.1) is 0 Å². The Balaban J connectivity index is 1.41. The third-order valence-electron chi connectivity index (χ3n) is 7.72. The molecule has 6 nitrogen and oxygen atoms in total. The van der Waals surface area contributed by atoms with Gasteiger partial charge in [-0.05, 0) is 73.4 Å². The first-order chi connectivity index (χ1) is 18.6. The Morgan fingerprint density at radius 1 is 1.21 bits per heavy atom. The maximum Gasteiger partial charge on any atom is 0.416 e. The number of likely N-dealkylation sites (N-methyl/N-ethyl adjacent to an activating group) is 1. The number of benzene rings is 1. The number of carboxylic acid groups (broad SMARTS) is 1. The predicted octanol–water partition coefficient (Wildman–Crippen LogP) is 6.77. The minimum Gasteiger partial charge on any atom is -0.481 e. The van der Waals surface area contributed by atoms with Crippen molar-refractivity contribution in [2.75, 3.05) is 20.1 Å². The molecule has 2 atom stereocenters. The molecule has 0 saturated heterocycles. The van der Waals surface area contributed by atoms with Crippen LogP contribution in [0, 0.1) is 5.92 Å². The molecule has 1 saturated carbocycles. The van der Waals surface area contributed by atoms with Crippen LogP contribution >= 0.6 is 0 Å². The van der Waals surface area contributed by atoms with Gasteiger partial charge in [-0.3, -0.25) is 9.79 Å². The van der Waals surface area contributed by atoms with E-state index < -0.39 is 23.6 Å². The Morgan fingerprint density at radius 2 is 1.97 bits per heavy atom. The molecule has 9 heteroatoms. The number of oxime groups is 1. The summed E-state index contributed by atoms with van der Waals surface area (Å²) in [5.74, 6) is -1.33. The lowest BCUT2D eigenvalue weighted by Crippen LogP contribution is -2.30. The van der Waals surface area contributed by atoms with Crippen molar-refractivity contribution in [1.82, 2.24) is 4.90 Å². The molecule has 1 fully saturated rings. The first-order valence-electron chi connectivity index (χ1n) is 13.8. The zero-order valence-electron chi connectivity index (χ0n) is 22.7. The number of hydrogen-bond acceptors (Lipinski definition) is 5. The zero-order chi connectivity index (χ0) is 28.0. The maximum absolute atomic E-state index is 13.9. The van der Waals surface area contributed by atoms with Crippen molar-refractivity contribution >= 4 is 17.9 Å². The summed E-state index contributed by atoms with van der Waals surface area (Å²) in [7, 11) is 1.89. The van der Waals surface area contributed by atoms with Crippen molar-refractivity contribution in [3.05, 3.63) is 58.2 Å². The number of nitrogens with zero attached hydrogens (tertiary/aromatic N) is 3. The van der Waals surface area contributed by atoms with Crippen LogP contribution in [-0.2, 0) is 22.4 Å². The van der Waals surface area contributed by atoms with Gasteiger partial charge in [0.25, 0.3) is 0 Å². The average molecular weight is 546 g/mol. The number of fused-ring (bicyclic) bond motifs is 1. The second-order valence-electron chi connectivity index (χ2n) is 11.1. The first-order valence-corrected chi connectivity index (χ1v) is 13.8. The summed E-state index contributed by atoms with van der Waals surface area (Å²) >= 11 is 0. The number of carboxylic acids is 1. The van der Waals surface area contributed by atoms with Crippen molar-refractivity contribution in [1.29, 1.82) is 0 Å². The molecule has 0 radical (unpaired) electrons. The van der Waals surface area contributed by atoms with E-state index in [1.54, 1.807) is 25.3 Å². The van der Waals surface area contributed by atoms with Crippen LogP contribution in [0.2, 0.25) is 0 Å². The average Bonchev–Trinajstić information content (AvgIpc) is 3.21. The lowest BCUT2D eigenvalue weighted by molar-refractivity contribution is -0.141. The van der Waals surface area contributed by atoms with E-state index in [0.717, 1.165) is 61.8 Å². The highest BCUT2D eigenvalue weighted by Gasteiger charge is 2.36. The molecule has 0 aromatic heterocycles. The molecular weight excluding hydrogens is 507 g/mol. The number of halogens is 3. The number of rotatable bonds is 9. The SMILES string of the molecule is CC(CN(C)CC1=CC2=CC(N=C1)/C(=N/OCc1ccc(C3CCCCC3)c(C(F)(F)F)c1)CCC2)C(=O)O. The van der Waals surface area contributed by atoms with Crippen LogP contribution in [0.25, 0.3) is 0 Å². The van der Waals surface area contributed by atoms with E-state index in [0.29, 0.717) is 30.6 Å². The monoisotopic (exact) mass is 545 g/mol. The van der Waals surface area contributed by atoms with Crippen LogP contribution in [0.1, 0.15) is 80.9 Å². The summed E-state index contributed by atoms with van der Waals surface area (Å²) in [4.78, 5) is 23.4. The number of allylic oxidation sites excluding steroid dienone is 2. The van der Waals surface area contributed by atoms with E-state index >= 15 is 0 Å². The first kappa shape index (κ1) is 29.1. The van der Waals surface area contributed by atoms with E-state index in [1.165, 1.54) is 6.07 Å². The van der Waals surface area contributed by atoms with Crippen molar-refractivity contribution in [2.45, 2.75) is 83.0 Å². The van der Waals surface area contributed by atoms with Crippen molar-refractivity contribution in [2.24, 2.45) is 16.1 Å². The van der Waals surface area contributed by atoms with Gasteiger partial charge in [0.2, 0.25) is 0 Å². The molecule has 2 unspecified atom stereocenters. The number of hydrogen-bond donors (Lipinski definition) is 1. The topological polar surface area (TPSA) is 74.5 Å². The lowest BCUT2D eigenvalue weighted by Gasteiger charge is -2.25. The van der Waals surface area contributed by atoms with Gasteiger partial charge in [0, 0.05) is 19.3 Å². The molecule has 1 aromatic rings. The van der Waals surface area contributed by atoms with Crippen molar-refractivity contribution in [3.8, 4) is 0 Å². The summed E-state index contributed by atoms with van der Waals surface area (Å²) in [6.45, 7) is 2.65. The molecule has 212 valence electrons. The minimum atomic E-state index is -4.41. The van der Waals surface area contributed by atoms with Gasteiger partial charge in [0.15, 0.2) is 0 Å². The predicted molar refractivity (Wildman–Crippen MR) is 146 cm³/mol. The fraction of sp³-hybridized carbons (Fsp3) is 0.567. The third-order valence-corrected chi connectivity index (χ3v) is 7.72. The highest BCUT2D eigenvalue weighted by atomic mass is 19.4. The Bertz CT molecular complexity index is 1150. The number of alkyl halides is 3. The number of aliphatic carboxylic acids is 1. The highest BCUT2D eigenvalue weighted by Crippen LogP contribution is 2.41. The largest absolute Gasteiger partial charge is 0.481 e. The van der Waals surface area contributed by atoms with E-state index in [-0.39, 0.29) is 18.6 Å². The normalized spacial score (nSPS) is 22.2. The Morgan fingerprint density at radius 3 is 2.69 bits per heavy atom. The van der Waals surface area contributed by atoms with E-state index in [4.69, 9.17) is 9.83 Å². The standard InChI is InChI=1S/C30H38F3N3O3/c1-20(29(37)38)17-36(2)18-23-13-21-7-6-10-27(28(15-21)34-16-23)35-39-19-22-11-12-25(24-8-4-3-5-9-24)26(14-22)30(31,32)33/h11-16,20,24,28H,3-10,17-19H2,1-2H3,(H,37,38)/b35-27+. The van der Waals surface area contributed by atoms with Crippen LogP contribution in [0.4, 0.5) is 13.2 Å². The van der Waals surface area contributed by atoms with Gasteiger partial charge < -0.3 is 14.8 Å². The maximum atomic E-state index is 13.9. The van der Waals surface area contributed by atoms with Crippen molar-refractivity contribution in [3.63, 3.8) is 0 Å². The fourth-order valence-electron chi connectivity index (χ4n) is 5.71. The molecule has 1 aromatic carbocycles. The van der Waals surface area contributed by atoms with Gasteiger partial charge in [0.05, 0.1) is 17.2 Å². The Hall–Kier alpha value is -2.94. The summed E-state index contributed by atoms with van der Waals surface area (Å²) in [5.41, 5.74) is 3.17. The van der Waals surface area contributed by atoms with Gasteiger partial charge in [-0.25, -0.2) is 0 Å². The van der Waals surface area contributed by atoms with E-state index in [9.17, 15) is 23.1 Å². The number of carbonyl (C=O) groups is 1. The van der Waals surface area contributed by atoms with Gasteiger partial charge in [-0.1, -0.05) is 55.6 Å². The van der Waals surface area contributed by atoms with Crippen LogP contribution in [0.5, 0.6) is 0 Å². The molecule has 1 aliphatic heterocycles. The smallest absolute Gasteiger partial charge is 0.416 e. The Labute approximate surface area is 228 Å². The quantitative estimate of drug-likeness (QED) is 0.348. The molecule has 2 bridgehead atoms. The molecule has 0 amide bonds. The summed E-state index contributed by atoms with van der Waals surface area (Å²) in [6, 6.07) is 4.28. The van der Waals surface area contributed by atoms with Gasteiger partial charge in [0.1, 0.15) is 12.6 Å². The van der Waals surface area contributed by atoms with Crippen LogP contribution < -0.4 is 0 Å². The summed E-state index contributed by atoms with van der Waals surface area (Å²) in [6.07, 6.45) is 8.61. The summed E-state index contributed by atoms with van der Waals surface area (Å²) in [5, 5.41) is 13.5. The fourth-order valence-corrected chi connectivity index (χ4v) is 5.71. The number of aliphatic imine (C=N–C) groups is 1. The molecule has 1 heterocycles.